The van der Waals surface area contributed by atoms with Crippen LogP contribution in [0.25, 0.3) is 0 Å². The highest BCUT2D eigenvalue weighted by Gasteiger charge is 2.20. The van der Waals surface area contributed by atoms with Crippen LogP contribution in [0.5, 0.6) is 5.75 Å². The maximum absolute atomic E-state index is 5.17. The van der Waals surface area contributed by atoms with Gasteiger partial charge in [-0.05, 0) is 24.6 Å². The standard InChI is InChI=1S/C14H24O2Si/c1-15-10-5-11-17(3,4)12-13-6-8-14(16-2)9-7-13/h6-9H,5,10-12H2,1-4H3. The number of methoxy groups -OCH3 is 2. The molecule has 0 amide bonds. The summed E-state index contributed by atoms with van der Waals surface area (Å²) in [5.41, 5.74) is 1.43. The zero-order valence-electron chi connectivity index (χ0n) is 11.5. The predicted octanol–water partition coefficient (Wildman–Crippen LogP) is 3.52. The van der Waals surface area contributed by atoms with Gasteiger partial charge in [-0.2, -0.15) is 0 Å². The summed E-state index contributed by atoms with van der Waals surface area (Å²) in [7, 11) is 2.35. The van der Waals surface area contributed by atoms with Gasteiger partial charge in [-0.15, -0.1) is 0 Å². The van der Waals surface area contributed by atoms with E-state index >= 15 is 0 Å². The van der Waals surface area contributed by atoms with Gasteiger partial charge in [0.25, 0.3) is 0 Å². The molecule has 0 aliphatic carbocycles. The summed E-state index contributed by atoms with van der Waals surface area (Å²) in [5, 5.41) is 0. The molecule has 0 saturated carbocycles. The van der Waals surface area contributed by atoms with Crippen molar-refractivity contribution in [3.8, 4) is 5.75 Å². The van der Waals surface area contributed by atoms with Crippen LogP contribution in [0, 0.1) is 0 Å². The second-order valence-corrected chi connectivity index (χ2v) is 10.5. The number of hydrogen-bond donors (Lipinski definition) is 0. The van der Waals surface area contributed by atoms with Gasteiger partial charge < -0.3 is 9.47 Å². The van der Waals surface area contributed by atoms with E-state index in [9.17, 15) is 0 Å². The molecular formula is C14H24O2Si. The van der Waals surface area contributed by atoms with E-state index in [-0.39, 0.29) is 0 Å². The molecule has 0 heterocycles. The quantitative estimate of drug-likeness (QED) is 0.546. The van der Waals surface area contributed by atoms with E-state index in [0.717, 1.165) is 12.4 Å². The van der Waals surface area contributed by atoms with Crippen LogP contribution in [0.3, 0.4) is 0 Å². The normalized spacial score (nSPS) is 11.5. The van der Waals surface area contributed by atoms with Crippen LogP contribution in [0.4, 0.5) is 0 Å². The minimum absolute atomic E-state index is 0.888. The van der Waals surface area contributed by atoms with Gasteiger partial charge in [0.15, 0.2) is 0 Å². The molecule has 0 unspecified atom stereocenters. The monoisotopic (exact) mass is 252 g/mol. The highest BCUT2D eigenvalue weighted by Crippen LogP contribution is 2.20. The molecule has 0 bridgehead atoms. The van der Waals surface area contributed by atoms with Gasteiger partial charge in [-0.3, -0.25) is 0 Å². The van der Waals surface area contributed by atoms with Gasteiger partial charge in [0.2, 0.25) is 0 Å². The van der Waals surface area contributed by atoms with Gasteiger partial charge in [0.05, 0.1) is 15.2 Å². The predicted molar refractivity (Wildman–Crippen MR) is 75.5 cm³/mol. The fraction of sp³-hybridized carbons (Fsp3) is 0.571. The van der Waals surface area contributed by atoms with Crippen molar-refractivity contribution in [1.29, 1.82) is 0 Å². The molecule has 0 atom stereocenters. The van der Waals surface area contributed by atoms with Crippen molar-refractivity contribution in [1.82, 2.24) is 0 Å². The van der Waals surface area contributed by atoms with Crippen LogP contribution in [-0.2, 0) is 10.8 Å². The lowest BCUT2D eigenvalue weighted by atomic mass is 10.2. The molecule has 0 saturated heterocycles. The Labute approximate surface area is 106 Å². The molecule has 3 heteroatoms. The third kappa shape index (κ3) is 5.37. The Balaban J connectivity index is 2.50. The van der Waals surface area contributed by atoms with Crippen LogP contribution in [0.15, 0.2) is 24.3 Å². The summed E-state index contributed by atoms with van der Waals surface area (Å²) in [5.74, 6) is 0.938. The highest BCUT2D eigenvalue weighted by atomic mass is 28.3. The number of hydrogen-bond acceptors (Lipinski definition) is 2. The molecule has 17 heavy (non-hydrogen) atoms. The molecule has 1 aromatic rings. The highest BCUT2D eigenvalue weighted by molar-refractivity contribution is 6.76. The summed E-state index contributed by atoms with van der Waals surface area (Å²) < 4.78 is 10.3. The van der Waals surface area contributed by atoms with Crippen LogP contribution >= 0.6 is 0 Å². The van der Waals surface area contributed by atoms with Gasteiger partial charge in [0.1, 0.15) is 5.75 Å². The van der Waals surface area contributed by atoms with Crippen molar-refractivity contribution in [3.63, 3.8) is 0 Å². The first-order valence-corrected chi connectivity index (χ1v) is 9.61. The topological polar surface area (TPSA) is 18.5 Å². The van der Waals surface area contributed by atoms with E-state index < -0.39 is 8.07 Å². The molecule has 0 N–H and O–H groups in total. The number of ether oxygens (including phenoxy) is 2. The van der Waals surface area contributed by atoms with E-state index in [2.05, 4.69) is 37.4 Å². The van der Waals surface area contributed by atoms with Gasteiger partial charge in [-0.25, -0.2) is 0 Å². The Morgan fingerprint density at radius 1 is 1.06 bits per heavy atom. The van der Waals surface area contributed by atoms with Crippen molar-refractivity contribution < 1.29 is 9.47 Å². The van der Waals surface area contributed by atoms with E-state index in [1.807, 2.05) is 0 Å². The number of benzene rings is 1. The van der Waals surface area contributed by atoms with E-state index in [1.165, 1.54) is 24.1 Å². The molecule has 0 fully saturated rings. The van der Waals surface area contributed by atoms with Crippen molar-refractivity contribution in [2.45, 2.75) is 31.6 Å². The first-order chi connectivity index (χ1) is 8.07. The first kappa shape index (κ1) is 14.3. The lowest BCUT2D eigenvalue weighted by Crippen LogP contribution is -2.29. The lowest BCUT2D eigenvalue weighted by molar-refractivity contribution is 0.199. The average Bonchev–Trinajstić information content (AvgIpc) is 2.30. The van der Waals surface area contributed by atoms with E-state index in [4.69, 9.17) is 9.47 Å². The summed E-state index contributed by atoms with van der Waals surface area (Å²) in [6.07, 6.45) is 1.19. The van der Waals surface area contributed by atoms with Gasteiger partial charge in [0, 0.05) is 13.7 Å². The SMILES string of the molecule is COCCC[Si](C)(C)Cc1ccc(OC)cc1. The fourth-order valence-electron chi connectivity index (χ4n) is 2.08. The molecule has 1 aromatic carbocycles. The average molecular weight is 252 g/mol. The minimum atomic E-state index is -1.13. The molecule has 0 radical (unpaired) electrons. The van der Waals surface area contributed by atoms with Crippen LogP contribution in [0.1, 0.15) is 12.0 Å². The third-order valence-electron chi connectivity index (χ3n) is 3.04. The van der Waals surface area contributed by atoms with Crippen molar-refractivity contribution in [2.24, 2.45) is 0 Å². The second-order valence-electron chi connectivity index (χ2n) is 5.29. The maximum Gasteiger partial charge on any atom is 0.118 e. The maximum atomic E-state index is 5.17. The van der Waals surface area contributed by atoms with Crippen LogP contribution in [-0.4, -0.2) is 28.9 Å². The summed E-state index contributed by atoms with van der Waals surface area (Å²) >= 11 is 0. The summed E-state index contributed by atoms with van der Waals surface area (Å²) in [6, 6.07) is 11.0. The largest absolute Gasteiger partial charge is 0.497 e. The smallest absolute Gasteiger partial charge is 0.118 e. The Morgan fingerprint density at radius 3 is 2.24 bits per heavy atom. The molecular weight excluding hydrogens is 228 g/mol. The molecule has 0 aromatic heterocycles. The molecule has 0 aliphatic heterocycles. The van der Waals surface area contributed by atoms with Crippen LogP contribution < -0.4 is 4.74 Å². The third-order valence-corrected chi connectivity index (χ3v) is 6.12. The second kappa shape index (κ2) is 6.82. The summed E-state index contributed by atoms with van der Waals surface area (Å²) in [4.78, 5) is 0. The molecule has 0 aliphatic rings. The van der Waals surface area contributed by atoms with Crippen molar-refractivity contribution >= 4 is 8.07 Å². The fourth-order valence-corrected chi connectivity index (χ4v) is 4.70. The lowest BCUT2D eigenvalue weighted by Gasteiger charge is -2.22. The van der Waals surface area contributed by atoms with Crippen molar-refractivity contribution in [3.05, 3.63) is 29.8 Å². The zero-order valence-corrected chi connectivity index (χ0v) is 12.5. The Bertz CT molecular complexity index is 319. The van der Waals surface area contributed by atoms with Gasteiger partial charge in [-0.1, -0.05) is 36.8 Å². The zero-order chi connectivity index (χ0) is 12.7. The molecule has 2 nitrogen and oxygen atoms in total. The minimum Gasteiger partial charge on any atom is -0.497 e. The number of rotatable bonds is 7. The Morgan fingerprint density at radius 2 is 1.71 bits per heavy atom. The Hall–Kier alpha value is -0.803. The van der Waals surface area contributed by atoms with E-state index in [1.54, 1.807) is 14.2 Å². The van der Waals surface area contributed by atoms with Crippen molar-refractivity contribution in [2.75, 3.05) is 20.8 Å². The molecule has 96 valence electrons. The Kier molecular flexibility index (Phi) is 5.72. The molecule has 0 spiro atoms. The first-order valence-electron chi connectivity index (χ1n) is 6.19. The summed E-state index contributed by atoms with van der Waals surface area (Å²) in [6.45, 7) is 5.79. The molecule has 1 rings (SSSR count). The van der Waals surface area contributed by atoms with Gasteiger partial charge >= 0.3 is 0 Å². The van der Waals surface area contributed by atoms with E-state index in [0.29, 0.717) is 0 Å². The van der Waals surface area contributed by atoms with Crippen LogP contribution in [0.2, 0.25) is 19.1 Å².